The van der Waals surface area contributed by atoms with Gasteiger partial charge in [-0.1, -0.05) is 151 Å². The van der Waals surface area contributed by atoms with Crippen LogP contribution in [-0.4, -0.2) is 16.7 Å². The average molecular weight is 639 g/mol. The molecule has 0 aliphatic carbocycles. The van der Waals surface area contributed by atoms with E-state index in [1.165, 1.54) is 90.6 Å². The molecule has 48 heavy (non-hydrogen) atoms. The summed E-state index contributed by atoms with van der Waals surface area (Å²) < 4.78 is 11.8. The van der Waals surface area contributed by atoms with Crippen LogP contribution in [0.15, 0.2) is 103 Å². The van der Waals surface area contributed by atoms with E-state index in [1.807, 2.05) is 0 Å². The highest BCUT2D eigenvalue weighted by Crippen LogP contribution is 2.47. The molecule has 7 rings (SSSR count). The summed E-state index contributed by atoms with van der Waals surface area (Å²) in [7, 11) is 0.500. The van der Waals surface area contributed by atoms with E-state index in [2.05, 4.69) is 156 Å². The third-order valence-electron chi connectivity index (χ3n) is 10.3. The molecule has 0 saturated heterocycles. The van der Waals surface area contributed by atoms with Gasteiger partial charge in [-0.15, -0.1) is 0 Å². The average Bonchev–Trinajstić information content (AvgIpc) is 3.57. The molecule has 0 unspecified atom stereocenters. The van der Waals surface area contributed by atoms with E-state index in [0.717, 1.165) is 18.4 Å². The number of imidazole rings is 1. The van der Waals surface area contributed by atoms with E-state index in [-0.39, 0.29) is 5.41 Å². The Labute approximate surface area is 286 Å². The van der Waals surface area contributed by atoms with Crippen molar-refractivity contribution in [3.8, 4) is 16.8 Å². The molecule has 0 spiro atoms. The van der Waals surface area contributed by atoms with Gasteiger partial charge < -0.3 is 0 Å². The number of hydrogen-bond donors (Lipinski definition) is 0. The smallest absolute Gasteiger partial charge is 0.100 e. The third kappa shape index (κ3) is 6.12. The minimum atomic E-state index is 0.0350. The second-order valence-corrected chi connectivity index (χ2v) is 13.2. The number of fused-ring (bicyclic) bond motifs is 7. The predicted octanol–water partition coefficient (Wildman–Crippen LogP) is 13.6. The first-order valence-electron chi connectivity index (χ1n) is 17.7. The Morgan fingerprint density at radius 2 is 1.21 bits per heavy atom. The van der Waals surface area contributed by atoms with Crippen molar-refractivity contribution in [2.75, 3.05) is 7.18 Å². The number of para-hydroxylation sites is 1. The highest BCUT2D eigenvalue weighted by atomic mass is 19.1. The Bertz CT molecular complexity index is 2140. The summed E-state index contributed by atoms with van der Waals surface area (Å²) in [5, 5.41) is 7.66. The fraction of sp³-hybridized carbons (Fsp3) is 0.311. The summed E-state index contributed by atoms with van der Waals surface area (Å²) >= 11 is 0. The molecule has 0 fully saturated rings. The molecule has 6 aromatic carbocycles. The zero-order valence-electron chi connectivity index (χ0n) is 30.1. The third-order valence-corrected chi connectivity index (χ3v) is 10.3. The lowest BCUT2D eigenvalue weighted by molar-refractivity contribution is 0.443. The second kappa shape index (κ2) is 15.2. The highest BCUT2D eigenvalue weighted by molar-refractivity contribution is 6.28. The molecule has 3 heteroatoms. The monoisotopic (exact) mass is 638 g/mol. The first kappa shape index (κ1) is 34.8. The Kier molecular flexibility index (Phi) is 11.0. The van der Waals surface area contributed by atoms with Gasteiger partial charge in [-0.3, -0.25) is 8.96 Å². The van der Waals surface area contributed by atoms with Crippen molar-refractivity contribution < 1.29 is 4.39 Å². The molecule has 248 valence electrons. The van der Waals surface area contributed by atoms with E-state index in [0.29, 0.717) is 7.18 Å². The van der Waals surface area contributed by atoms with Crippen molar-refractivity contribution >= 4 is 43.4 Å². The number of nitrogens with zero attached hydrogens (tertiary/aromatic N) is 2. The van der Waals surface area contributed by atoms with Crippen molar-refractivity contribution in [2.45, 2.75) is 86.0 Å². The maximum Gasteiger partial charge on any atom is 0.100 e. The molecule has 0 saturated carbocycles. The highest BCUT2D eigenvalue weighted by Gasteiger charge is 2.29. The number of halogens is 1. The standard InChI is InChI=1S/C39H36N2.C5H12.CH3F/c1-6-39(5,7-2)33-23-22-31(29-21-13-17-27-16-8-9-18-28(27)29)34-30-19-10-11-20-32(30)38-36(35(33)34)40-24-41(38)37-25(3)14-12-15-26(37)4;1-3-5-4-2;1-2/h8-24H,6-7H2,1-5H3;3-5H2,1-2H3;1H3. The molecule has 0 bridgehead atoms. The van der Waals surface area contributed by atoms with Gasteiger partial charge in [0.25, 0.3) is 0 Å². The van der Waals surface area contributed by atoms with Crippen molar-refractivity contribution in [3.63, 3.8) is 0 Å². The summed E-state index contributed by atoms with van der Waals surface area (Å²) in [4.78, 5) is 5.26. The molecule has 0 radical (unpaired) electrons. The van der Waals surface area contributed by atoms with Gasteiger partial charge in [-0.05, 0) is 81.5 Å². The summed E-state index contributed by atoms with van der Waals surface area (Å²) in [6.07, 6.45) is 8.26. The van der Waals surface area contributed by atoms with Crippen LogP contribution in [0.25, 0.3) is 60.2 Å². The number of alkyl halides is 1. The van der Waals surface area contributed by atoms with Gasteiger partial charge in [0, 0.05) is 10.8 Å². The van der Waals surface area contributed by atoms with E-state index < -0.39 is 0 Å². The molecule has 0 N–H and O–H groups in total. The first-order chi connectivity index (χ1) is 23.4. The lowest BCUT2D eigenvalue weighted by Gasteiger charge is -2.30. The fourth-order valence-electron chi connectivity index (χ4n) is 7.35. The van der Waals surface area contributed by atoms with Crippen LogP contribution < -0.4 is 0 Å². The maximum absolute atomic E-state index is 9.50. The molecular weight excluding hydrogens is 588 g/mol. The van der Waals surface area contributed by atoms with Crippen molar-refractivity contribution in [1.29, 1.82) is 0 Å². The number of benzene rings is 6. The molecule has 0 aliphatic heterocycles. The maximum atomic E-state index is 9.50. The topological polar surface area (TPSA) is 17.8 Å². The van der Waals surface area contributed by atoms with Gasteiger partial charge in [0.05, 0.1) is 23.9 Å². The van der Waals surface area contributed by atoms with Crippen molar-refractivity contribution in [3.05, 3.63) is 120 Å². The minimum Gasteiger partial charge on any atom is -0.298 e. The fourth-order valence-corrected chi connectivity index (χ4v) is 7.35. The van der Waals surface area contributed by atoms with Gasteiger partial charge in [-0.25, -0.2) is 4.98 Å². The van der Waals surface area contributed by atoms with Crippen LogP contribution in [-0.2, 0) is 5.41 Å². The Hall–Kier alpha value is -4.50. The Balaban J connectivity index is 0.000000592. The zero-order chi connectivity index (χ0) is 34.4. The van der Waals surface area contributed by atoms with E-state index >= 15 is 0 Å². The summed E-state index contributed by atoms with van der Waals surface area (Å²) in [5.41, 5.74) is 9.98. The molecule has 2 nitrogen and oxygen atoms in total. The lowest BCUT2D eigenvalue weighted by Crippen LogP contribution is -2.20. The second-order valence-electron chi connectivity index (χ2n) is 13.2. The van der Waals surface area contributed by atoms with Gasteiger partial charge >= 0.3 is 0 Å². The van der Waals surface area contributed by atoms with Gasteiger partial charge in [0.15, 0.2) is 0 Å². The van der Waals surface area contributed by atoms with Crippen LogP contribution >= 0.6 is 0 Å². The van der Waals surface area contributed by atoms with Gasteiger partial charge in [-0.2, -0.15) is 0 Å². The first-order valence-corrected chi connectivity index (χ1v) is 17.7. The van der Waals surface area contributed by atoms with E-state index in [9.17, 15) is 4.39 Å². The minimum absolute atomic E-state index is 0.0350. The molecule has 0 atom stereocenters. The molecule has 7 aromatic rings. The van der Waals surface area contributed by atoms with Crippen LogP contribution in [0.3, 0.4) is 0 Å². The van der Waals surface area contributed by atoms with Crippen molar-refractivity contribution in [2.24, 2.45) is 0 Å². The normalized spacial score (nSPS) is 11.4. The molecule has 1 heterocycles. The van der Waals surface area contributed by atoms with E-state index in [1.54, 1.807) is 0 Å². The van der Waals surface area contributed by atoms with Crippen LogP contribution in [0, 0.1) is 13.8 Å². The zero-order valence-corrected chi connectivity index (χ0v) is 30.1. The molecular formula is C45H51FN2. The summed E-state index contributed by atoms with van der Waals surface area (Å²) in [6.45, 7) is 15.9. The number of hydrogen-bond acceptors (Lipinski definition) is 1. The molecule has 0 aliphatic rings. The summed E-state index contributed by atoms with van der Waals surface area (Å²) in [6, 6.07) is 35.7. The largest absolute Gasteiger partial charge is 0.298 e. The van der Waals surface area contributed by atoms with Crippen LogP contribution in [0.1, 0.15) is 83.4 Å². The summed E-state index contributed by atoms with van der Waals surface area (Å²) in [5.74, 6) is 0. The quantitative estimate of drug-likeness (QED) is 0.159. The number of aromatic nitrogens is 2. The van der Waals surface area contributed by atoms with Crippen LogP contribution in [0.4, 0.5) is 4.39 Å². The number of rotatable bonds is 7. The lowest BCUT2D eigenvalue weighted by atomic mass is 9.74. The van der Waals surface area contributed by atoms with Gasteiger partial charge in [0.1, 0.15) is 6.33 Å². The number of unbranched alkanes of at least 4 members (excludes halogenated alkanes) is 2. The predicted molar refractivity (Wildman–Crippen MR) is 209 cm³/mol. The Morgan fingerprint density at radius 1 is 0.625 bits per heavy atom. The molecule has 1 aromatic heterocycles. The number of aryl methyl sites for hydroxylation is 2. The van der Waals surface area contributed by atoms with Crippen LogP contribution in [0.2, 0.25) is 0 Å². The van der Waals surface area contributed by atoms with Crippen molar-refractivity contribution in [1.82, 2.24) is 9.55 Å². The molecule has 0 amide bonds. The van der Waals surface area contributed by atoms with Crippen LogP contribution in [0.5, 0.6) is 0 Å². The Morgan fingerprint density at radius 3 is 1.83 bits per heavy atom. The van der Waals surface area contributed by atoms with Gasteiger partial charge in [0.2, 0.25) is 0 Å². The SMILES string of the molecule is CCC(C)(CC)c1ccc(-c2cccc3ccccc23)c2c3ccccc3c3c(ncn3-c3c(C)cccc3C)c12.CCCCC.CF. The van der Waals surface area contributed by atoms with E-state index in [4.69, 9.17) is 4.98 Å².